The number of methoxy groups -OCH3 is 1. The van der Waals surface area contributed by atoms with Crippen molar-refractivity contribution in [2.75, 3.05) is 53.4 Å². The Morgan fingerprint density at radius 2 is 1.87 bits per heavy atom. The number of carbonyl (C=O) groups is 2. The first kappa shape index (κ1) is 41.1. The van der Waals surface area contributed by atoms with Crippen LogP contribution in [0.15, 0.2) is 53.9 Å². The van der Waals surface area contributed by atoms with E-state index in [9.17, 15) is 19.8 Å². The normalized spacial score (nSPS) is 26.9. The lowest BCUT2D eigenvalue weighted by molar-refractivity contribution is -0.183. The van der Waals surface area contributed by atoms with Crippen LogP contribution in [-0.2, 0) is 22.6 Å². The minimum atomic E-state index is -0.900. The van der Waals surface area contributed by atoms with Crippen molar-refractivity contribution in [1.29, 1.82) is 0 Å². The average molecular weight is 776 g/mol. The Hall–Kier alpha value is -3.52. The van der Waals surface area contributed by atoms with Gasteiger partial charge in [0, 0.05) is 72.3 Å². The number of anilines is 1. The molecule has 0 spiro atoms. The molecule has 2 bridgehead atoms. The maximum atomic E-state index is 14.3. The maximum Gasteiger partial charge on any atom is 0.251 e. The first-order valence-electron chi connectivity index (χ1n) is 19.6. The summed E-state index contributed by atoms with van der Waals surface area (Å²) in [6.07, 6.45) is 1.22. The van der Waals surface area contributed by atoms with Gasteiger partial charge in [-0.1, -0.05) is 45.0 Å². The molecule has 9 atom stereocenters. The third-order valence-corrected chi connectivity index (χ3v) is 13.5. The van der Waals surface area contributed by atoms with E-state index in [2.05, 4.69) is 47.8 Å². The number of nitrogens with zero attached hydrogens (tertiary/aromatic N) is 3. The monoisotopic (exact) mass is 775 g/mol. The van der Waals surface area contributed by atoms with Gasteiger partial charge in [-0.15, -0.1) is 11.3 Å². The lowest BCUT2D eigenvalue weighted by Crippen LogP contribution is -2.62. The van der Waals surface area contributed by atoms with Crippen molar-refractivity contribution in [1.82, 2.24) is 20.6 Å². The zero-order valence-corrected chi connectivity index (χ0v) is 34.7. The molecule has 1 aromatic heterocycles. The highest BCUT2D eigenvalue weighted by Gasteiger charge is 2.57. The topological polar surface area (TPSA) is 127 Å². The van der Waals surface area contributed by atoms with E-state index in [0.717, 1.165) is 35.2 Å². The van der Waals surface area contributed by atoms with Crippen LogP contribution in [0.25, 0.3) is 11.1 Å². The molecule has 2 amide bonds. The van der Waals surface area contributed by atoms with Crippen LogP contribution in [-0.4, -0.2) is 111 Å². The Bertz CT molecular complexity index is 1800. The number of likely N-dealkylation sites (N-methyl/N-ethyl adjacent to an activating group) is 1. The molecule has 3 saturated carbocycles. The third kappa shape index (κ3) is 8.60. The summed E-state index contributed by atoms with van der Waals surface area (Å²) in [7, 11) is 9.53. The molecular weight excluding hydrogens is 715 g/mol. The molecule has 4 N–H and O–H groups in total. The van der Waals surface area contributed by atoms with Crippen LogP contribution in [0.1, 0.15) is 61.3 Å². The molecule has 7 rings (SSSR count). The first-order chi connectivity index (χ1) is 26.1. The van der Waals surface area contributed by atoms with Gasteiger partial charge in [-0.3, -0.25) is 14.4 Å². The Labute approximate surface area is 330 Å². The SMILES string of the molecule is COc1c(CN2O[C@@H](CO)[C@@H]([C@H](C)O)[C@H]2C(=O)N[C@H]2C[C@@H]3C[C@H]([C@@H]2C)C3(C)C)cccc1-c1cc(C(=O)N[C@@H](Cc2cccs2)CN(C)C)cc(N(C)C)c1. The van der Waals surface area contributed by atoms with Gasteiger partial charge in [0.1, 0.15) is 17.9 Å². The van der Waals surface area contributed by atoms with E-state index in [1.807, 2.05) is 75.6 Å². The van der Waals surface area contributed by atoms with Crippen molar-refractivity contribution in [3.63, 3.8) is 0 Å². The summed E-state index contributed by atoms with van der Waals surface area (Å²) in [6, 6.07) is 14.9. The predicted octanol–water partition coefficient (Wildman–Crippen LogP) is 5.05. The molecule has 3 aliphatic carbocycles. The van der Waals surface area contributed by atoms with E-state index in [0.29, 0.717) is 35.6 Å². The number of amides is 2. The molecule has 1 saturated heterocycles. The number of benzene rings is 2. The van der Waals surface area contributed by atoms with Crippen LogP contribution in [0.2, 0.25) is 0 Å². The fourth-order valence-corrected chi connectivity index (χ4v) is 10.3. The number of carbonyl (C=O) groups excluding carboxylic acids is 2. The van der Waals surface area contributed by atoms with Crippen LogP contribution in [0, 0.1) is 29.1 Å². The minimum Gasteiger partial charge on any atom is -0.496 e. The molecule has 0 unspecified atom stereocenters. The fraction of sp³-hybridized carbons (Fsp3) is 0.581. The number of hydrogen-bond donors (Lipinski definition) is 4. The molecule has 4 fully saturated rings. The summed E-state index contributed by atoms with van der Waals surface area (Å²) in [5.74, 6) is 1.05. The summed E-state index contributed by atoms with van der Waals surface area (Å²) in [4.78, 5) is 39.8. The van der Waals surface area contributed by atoms with Gasteiger partial charge < -0.3 is 35.4 Å². The molecule has 4 aliphatic rings. The second-order valence-electron chi connectivity index (χ2n) is 17.1. The Balaban J connectivity index is 1.28. The second kappa shape index (κ2) is 16.9. The number of hydrogen-bond acceptors (Lipinski definition) is 10. The molecule has 3 aromatic rings. The highest BCUT2D eigenvalue weighted by atomic mass is 32.1. The van der Waals surface area contributed by atoms with Gasteiger partial charge in [0.2, 0.25) is 5.91 Å². The number of ether oxygens (including phenoxy) is 1. The number of rotatable bonds is 15. The Kier molecular flexibility index (Phi) is 12.6. The number of hydroxylamine groups is 2. The van der Waals surface area contributed by atoms with E-state index >= 15 is 0 Å². The average Bonchev–Trinajstić information content (AvgIpc) is 3.79. The number of aliphatic hydroxyl groups is 2. The molecule has 55 heavy (non-hydrogen) atoms. The van der Waals surface area contributed by atoms with E-state index in [4.69, 9.17) is 9.57 Å². The summed E-state index contributed by atoms with van der Waals surface area (Å²) >= 11 is 1.69. The van der Waals surface area contributed by atoms with Gasteiger partial charge in [-0.05, 0) is 92.2 Å². The smallest absolute Gasteiger partial charge is 0.251 e. The minimum absolute atomic E-state index is 0.0380. The molecule has 300 valence electrons. The van der Waals surface area contributed by atoms with Crippen molar-refractivity contribution in [3.8, 4) is 16.9 Å². The fourth-order valence-electron chi connectivity index (χ4n) is 9.53. The zero-order chi connectivity index (χ0) is 39.8. The maximum absolute atomic E-state index is 14.3. The Morgan fingerprint density at radius 3 is 2.47 bits per heavy atom. The van der Waals surface area contributed by atoms with Crippen LogP contribution in [0.5, 0.6) is 5.75 Å². The van der Waals surface area contributed by atoms with E-state index < -0.39 is 24.2 Å². The van der Waals surface area contributed by atoms with Crippen LogP contribution in [0.4, 0.5) is 5.69 Å². The molecule has 2 heterocycles. The predicted molar refractivity (Wildman–Crippen MR) is 218 cm³/mol. The van der Waals surface area contributed by atoms with Crippen molar-refractivity contribution in [3.05, 3.63) is 69.9 Å². The third-order valence-electron chi connectivity index (χ3n) is 12.6. The molecule has 0 radical (unpaired) electrons. The molecule has 11 nitrogen and oxygen atoms in total. The molecular formula is C43H61N5O6S. The number of nitrogens with one attached hydrogen (secondary N) is 2. The van der Waals surface area contributed by atoms with Crippen molar-refractivity contribution >= 4 is 28.8 Å². The first-order valence-corrected chi connectivity index (χ1v) is 20.5. The lowest BCUT2D eigenvalue weighted by atomic mass is 9.45. The van der Waals surface area contributed by atoms with Gasteiger partial charge >= 0.3 is 0 Å². The van der Waals surface area contributed by atoms with Crippen LogP contribution in [0.3, 0.4) is 0 Å². The van der Waals surface area contributed by atoms with Gasteiger partial charge in [0.25, 0.3) is 5.91 Å². The van der Waals surface area contributed by atoms with E-state index in [1.165, 1.54) is 11.3 Å². The highest BCUT2D eigenvalue weighted by Crippen LogP contribution is 2.61. The number of para-hydroxylation sites is 1. The van der Waals surface area contributed by atoms with Crippen molar-refractivity contribution < 1.29 is 29.4 Å². The number of fused-ring (bicyclic) bond motifs is 2. The summed E-state index contributed by atoms with van der Waals surface area (Å²) in [5.41, 5.74) is 4.02. The van der Waals surface area contributed by atoms with Crippen molar-refractivity contribution in [2.45, 2.75) is 83.8 Å². The lowest BCUT2D eigenvalue weighted by Gasteiger charge is -2.62. The van der Waals surface area contributed by atoms with Crippen LogP contribution >= 0.6 is 11.3 Å². The highest BCUT2D eigenvalue weighted by molar-refractivity contribution is 7.09. The molecule has 2 aromatic carbocycles. The van der Waals surface area contributed by atoms with Crippen molar-refractivity contribution in [2.24, 2.45) is 29.1 Å². The van der Waals surface area contributed by atoms with E-state index in [-0.39, 0.29) is 42.5 Å². The Morgan fingerprint density at radius 1 is 1.11 bits per heavy atom. The second-order valence-corrected chi connectivity index (χ2v) is 18.1. The number of aliphatic hydroxyl groups excluding tert-OH is 2. The van der Waals surface area contributed by atoms with Gasteiger partial charge in [-0.25, -0.2) is 0 Å². The molecule has 1 aliphatic heterocycles. The summed E-state index contributed by atoms with van der Waals surface area (Å²) in [5, 5.41) is 31.7. The van der Waals surface area contributed by atoms with Gasteiger partial charge in [-0.2, -0.15) is 5.06 Å². The summed E-state index contributed by atoms with van der Waals surface area (Å²) in [6.45, 7) is 9.10. The number of thiophene rings is 1. The summed E-state index contributed by atoms with van der Waals surface area (Å²) < 4.78 is 6.10. The zero-order valence-electron chi connectivity index (χ0n) is 33.9. The van der Waals surface area contributed by atoms with E-state index in [1.54, 1.807) is 30.4 Å². The standard InChI is InChI=1S/C43H61N5O6S/c1-25-35-19-30(43(35,3)4)20-36(25)45-42(52)39-38(26(2)50)37(24-49)54-48(39)22-27-12-10-14-34(40(27)53-9)28-16-29(18-32(17-28)47(7)8)41(51)44-31(23-46(5)6)21-33-13-11-15-55-33/h10-18,25-26,30-31,35-39,49-50H,19-24H2,1-9H3,(H,44,51)(H,45,52)/t25-,26-,30-,31-,35+,36-,37-,38+,39-/m0/s1. The molecule has 12 heteroatoms. The van der Waals surface area contributed by atoms with Gasteiger partial charge in [0.05, 0.1) is 26.4 Å². The van der Waals surface area contributed by atoms with Gasteiger partial charge in [0.15, 0.2) is 0 Å². The van der Waals surface area contributed by atoms with Crippen LogP contribution < -0.4 is 20.3 Å². The largest absolute Gasteiger partial charge is 0.496 e. The quantitative estimate of drug-likeness (QED) is 0.168.